The van der Waals surface area contributed by atoms with Crippen LogP contribution in [0.5, 0.6) is 0 Å². The summed E-state index contributed by atoms with van der Waals surface area (Å²) in [6.45, 7) is 5.03. The Bertz CT molecular complexity index is 1270. The molecule has 0 amide bonds. The first-order valence-electron chi connectivity index (χ1n) is 11.0. The van der Waals surface area contributed by atoms with Crippen LogP contribution < -0.4 is 0 Å². The van der Waals surface area contributed by atoms with Crippen molar-refractivity contribution >= 4 is 40.3 Å². The molecule has 3 aromatic carbocycles. The van der Waals surface area contributed by atoms with Gasteiger partial charge >= 0.3 is 0 Å². The molecule has 0 aliphatic heterocycles. The van der Waals surface area contributed by atoms with Gasteiger partial charge in [-0.25, -0.2) is 17.6 Å². The molecular weight excluding hydrogens is 561 g/mol. The highest BCUT2D eigenvalue weighted by Crippen LogP contribution is 2.17. The van der Waals surface area contributed by atoms with Crippen molar-refractivity contribution in [3.05, 3.63) is 105 Å². The van der Waals surface area contributed by atoms with Crippen LogP contribution in [0.3, 0.4) is 0 Å². The molecule has 0 saturated heterocycles. The van der Waals surface area contributed by atoms with Gasteiger partial charge in [-0.1, -0.05) is 50.8 Å². The van der Waals surface area contributed by atoms with E-state index in [1.54, 1.807) is 32.9 Å². The summed E-state index contributed by atoms with van der Waals surface area (Å²) < 4.78 is 51.4. The average Bonchev–Trinajstić information content (AvgIpc) is 2.90. The summed E-state index contributed by atoms with van der Waals surface area (Å²) in [6, 6.07) is 12.1. The second-order valence-electron chi connectivity index (χ2n) is 7.46. The van der Waals surface area contributed by atoms with Crippen LogP contribution in [0.25, 0.3) is 0 Å². The first-order chi connectivity index (χ1) is 18.4. The van der Waals surface area contributed by atoms with Gasteiger partial charge in [-0.05, 0) is 63.2 Å². The molecule has 0 fully saturated rings. The van der Waals surface area contributed by atoms with Gasteiger partial charge in [0.15, 0.2) is 0 Å². The van der Waals surface area contributed by atoms with E-state index < -0.39 is 23.3 Å². The second-order valence-corrected chi connectivity index (χ2v) is 8.27. The van der Waals surface area contributed by atoms with Gasteiger partial charge < -0.3 is 14.5 Å². The molecule has 0 aliphatic carbocycles. The Morgan fingerprint density at radius 3 is 1.56 bits per heavy atom. The molecule has 3 aromatic rings. The number of hydrogen-bond donors (Lipinski definition) is 0. The quantitative estimate of drug-likeness (QED) is 0.166. The van der Waals surface area contributed by atoms with Gasteiger partial charge in [0.2, 0.25) is 0 Å². The minimum atomic E-state index is -0.514. The fourth-order valence-electron chi connectivity index (χ4n) is 2.78. The number of hydrogen-bond acceptors (Lipinski definition) is 6. The third kappa shape index (κ3) is 11.3. The number of rotatable bonds is 6. The second kappa shape index (κ2) is 17.1. The third-order valence-electron chi connectivity index (χ3n) is 4.68. The number of nitrogens with zero attached hydrogens (tertiary/aromatic N) is 3. The van der Waals surface area contributed by atoms with E-state index in [1.807, 2.05) is 0 Å². The number of halogens is 6. The zero-order valence-corrected chi connectivity index (χ0v) is 23.5. The van der Waals surface area contributed by atoms with Crippen molar-refractivity contribution in [3.8, 4) is 0 Å². The summed E-state index contributed by atoms with van der Waals surface area (Å²) in [4.78, 5) is 13.6. The molecule has 39 heavy (non-hydrogen) atoms. The lowest BCUT2D eigenvalue weighted by Gasteiger charge is -2.01. The third-order valence-corrected chi connectivity index (χ3v) is 5.27. The van der Waals surface area contributed by atoms with Gasteiger partial charge in [-0.2, -0.15) is 0 Å². The topological polar surface area (TPSA) is 64.8 Å². The van der Waals surface area contributed by atoms with Crippen LogP contribution in [0.4, 0.5) is 17.6 Å². The Morgan fingerprint density at radius 1 is 0.564 bits per heavy atom. The summed E-state index contributed by atoms with van der Waals surface area (Å²) in [5, 5.41) is 11.1. The van der Waals surface area contributed by atoms with Crippen molar-refractivity contribution in [2.75, 3.05) is 21.3 Å². The molecule has 6 nitrogen and oxygen atoms in total. The molecule has 0 aromatic heterocycles. The van der Waals surface area contributed by atoms with Crippen molar-refractivity contribution in [2.45, 2.75) is 20.8 Å². The van der Waals surface area contributed by atoms with Gasteiger partial charge in [0.25, 0.3) is 0 Å². The maximum absolute atomic E-state index is 13.0. The summed E-state index contributed by atoms with van der Waals surface area (Å²) in [6.07, 6.45) is 0. The van der Waals surface area contributed by atoms with E-state index in [4.69, 9.17) is 23.2 Å². The van der Waals surface area contributed by atoms with Gasteiger partial charge in [0.1, 0.15) is 44.6 Å². The predicted octanol–water partition coefficient (Wildman–Crippen LogP) is 8.03. The molecule has 210 valence electrons. The first kappa shape index (κ1) is 33.4. The maximum atomic E-state index is 13.0. The lowest BCUT2D eigenvalue weighted by Crippen LogP contribution is -2.00. The van der Waals surface area contributed by atoms with Crippen LogP contribution >= 0.6 is 23.2 Å². The van der Waals surface area contributed by atoms with E-state index in [9.17, 15) is 17.6 Å². The van der Waals surface area contributed by atoms with Gasteiger partial charge in [0, 0.05) is 16.7 Å². The monoisotopic (exact) mass is 587 g/mol. The Hall–Kier alpha value is -3.63. The standard InChI is InChI=1S/2C9H9ClFNO.C9H9F2NO/c1-6(12-13-2)7-3-4-9(11)8(10)5-7;1-6(12-13-2)7-3-4-8(10)9(11)5-7;1-6(12-13-2)8-5-7(10)3-4-9(8)11/h3*3-5H,1-2H3/b3*12-6+. The summed E-state index contributed by atoms with van der Waals surface area (Å²) in [5.74, 6) is -1.90. The molecule has 0 aliphatic rings. The molecule has 0 radical (unpaired) electrons. The van der Waals surface area contributed by atoms with Gasteiger partial charge in [0.05, 0.1) is 27.2 Å². The fraction of sp³-hybridized carbons (Fsp3) is 0.222. The van der Waals surface area contributed by atoms with Crippen molar-refractivity contribution in [1.82, 2.24) is 0 Å². The van der Waals surface area contributed by atoms with Crippen LogP contribution in [-0.4, -0.2) is 38.5 Å². The summed E-state index contributed by atoms with van der Waals surface area (Å²) in [7, 11) is 4.24. The molecule has 0 bridgehead atoms. The molecule has 3 rings (SSSR count). The van der Waals surface area contributed by atoms with Gasteiger partial charge in [-0.3, -0.25) is 0 Å². The Balaban J connectivity index is 0.000000292. The Labute approximate surface area is 234 Å². The molecule has 0 unspecified atom stereocenters. The van der Waals surface area contributed by atoms with E-state index in [-0.39, 0.29) is 15.6 Å². The lowest BCUT2D eigenvalue weighted by atomic mass is 10.1. The molecule has 0 atom stereocenters. The van der Waals surface area contributed by atoms with Crippen molar-refractivity contribution < 1.29 is 32.1 Å². The van der Waals surface area contributed by atoms with E-state index in [2.05, 4.69) is 30.0 Å². The average molecular weight is 588 g/mol. The number of benzene rings is 3. The Morgan fingerprint density at radius 2 is 1.05 bits per heavy atom. The SMILES string of the molecule is CO/N=C(\C)c1cc(F)ccc1F.CO/N=C(\C)c1ccc(Cl)c(F)c1.CO/N=C(\C)c1ccc(F)c(Cl)c1. The molecular formula is C27H27Cl2F4N3O3. The number of oxime groups is 3. The summed E-state index contributed by atoms with van der Waals surface area (Å²) >= 11 is 11.1. The highest BCUT2D eigenvalue weighted by Gasteiger charge is 2.07. The van der Waals surface area contributed by atoms with E-state index in [0.717, 1.165) is 23.8 Å². The maximum Gasteiger partial charge on any atom is 0.142 e. The zero-order valence-electron chi connectivity index (χ0n) is 22.0. The lowest BCUT2D eigenvalue weighted by molar-refractivity contribution is 0.213. The molecule has 0 heterocycles. The smallest absolute Gasteiger partial charge is 0.142 e. The van der Waals surface area contributed by atoms with Crippen LogP contribution in [-0.2, 0) is 14.5 Å². The highest BCUT2D eigenvalue weighted by atomic mass is 35.5. The van der Waals surface area contributed by atoms with Gasteiger partial charge in [-0.15, -0.1) is 0 Å². The van der Waals surface area contributed by atoms with Crippen LogP contribution in [0.2, 0.25) is 10.0 Å². The molecule has 0 spiro atoms. The molecule has 0 N–H and O–H groups in total. The molecule has 0 saturated carbocycles. The van der Waals surface area contributed by atoms with Crippen molar-refractivity contribution in [1.29, 1.82) is 0 Å². The normalized spacial score (nSPS) is 11.5. The van der Waals surface area contributed by atoms with Crippen molar-refractivity contribution in [3.63, 3.8) is 0 Å². The van der Waals surface area contributed by atoms with E-state index in [1.165, 1.54) is 45.6 Å². The minimum Gasteiger partial charge on any atom is -0.399 e. The minimum absolute atomic E-state index is 0.0863. The van der Waals surface area contributed by atoms with Crippen LogP contribution in [0.15, 0.2) is 70.1 Å². The van der Waals surface area contributed by atoms with Crippen molar-refractivity contribution in [2.24, 2.45) is 15.5 Å². The highest BCUT2D eigenvalue weighted by molar-refractivity contribution is 6.31. The molecule has 12 heteroatoms. The van der Waals surface area contributed by atoms with E-state index >= 15 is 0 Å². The first-order valence-corrected chi connectivity index (χ1v) is 11.8. The van der Waals surface area contributed by atoms with Crippen LogP contribution in [0, 0.1) is 23.3 Å². The zero-order chi connectivity index (χ0) is 29.5. The largest absolute Gasteiger partial charge is 0.399 e. The predicted molar refractivity (Wildman–Crippen MR) is 147 cm³/mol. The Kier molecular flexibility index (Phi) is 14.6. The fourth-order valence-corrected chi connectivity index (χ4v) is 3.08. The van der Waals surface area contributed by atoms with Crippen LogP contribution in [0.1, 0.15) is 37.5 Å². The summed E-state index contributed by atoms with van der Waals surface area (Å²) in [5.41, 5.74) is 3.08. The van der Waals surface area contributed by atoms with E-state index in [0.29, 0.717) is 22.7 Å².